The van der Waals surface area contributed by atoms with E-state index in [2.05, 4.69) is 21.3 Å². The van der Waals surface area contributed by atoms with E-state index in [-0.39, 0.29) is 68.7 Å². The molecule has 0 radical (unpaired) electrons. The number of benzene rings is 3. The Morgan fingerprint density at radius 2 is 1.45 bits per heavy atom. The van der Waals surface area contributed by atoms with E-state index < -0.39 is 39.4 Å². The highest BCUT2D eigenvalue weighted by atomic mass is 32.2. The fraction of sp³-hybridized carbons (Fsp3) is 0.324. The molecule has 3 aromatic rings. The van der Waals surface area contributed by atoms with Gasteiger partial charge >= 0.3 is 0 Å². The molecule has 248 valence electrons. The molecule has 0 saturated carbocycles. The van der Waals surface area contributed by atoms with E-state index in [4.69, 9.17) is 11.1 Å². The van der Waals surface area contributed by atoms with Gasteiger partial charge in [-0.3, -0.25) is 24.6 Å². The summed E-state index contributed by atoms with van der Waals surface area (Å²) in [5.41, 5.74) is 8.98. The molecule has 1 aliphatic rings. The Bertz CT molecular complexity index is 1700. The molecule has 0 fully saturated rings. The lowest BCUT2D eigenvalue weighted by Gasteiger charge is -2.23. The van der Waals surface area contributed by atoms with Crippen molar-refractivity contribution in [3.8, 4) is 0 Å². The standard InChI is InChI=1S/C34H40N6O6S/c35-32(36)27-11-9-23(10-12-27)18-39-34(44)29-14-16-31(42)38-20-26-8-4-7-25(17-26)19-37-30(41)15-13-28(33(43)40-29)22-47(45,46)21-24-5-2-1-3-6-24/h1-12,17,28-29H,13-16,18-22H2,(H3,35,36)(H,37,41)(H,38,42)(H,39,44)(H,40,43)/t28-,29-/m0/s1. The predicted octanol–water partition coefficient (Wildman–Crippen LogP) is 1.81. The third-order valence-corrected chi connectivity index (χ3v) is 9.45. The van der Waals surface area contributed by atoms with Crippen molar-refractivity contribution < 1.29 is 27.6 Å². The van der Waals surface area contributed by atoms with Crippen LogP contribution in [0.4, 0.5) is 0 Å². The zero-order valence-corrected chi connectivity index (χ0v) is 26.8. The summed E-state index contributed by atoms with van der Waals surface area (Å²) in [7, 11) is -3.80. The first-order chi connectivity index (χ1) is 22.5. The molecule has 0 saturated heterocycles. The minimum Gasteiger partial charge on any atom is -0.384 e. The van der Waals surface area contributed by atoms with Crippen molar-refractivity contribution in [1.82, 2.24) is 21.3 Å². The number of nitrogens with one attached hydrogen (secondary N) is 5. The molecule has 0 aliphatic carbocycles. The number of amidine groups is 1. The van der Waals surface area contributed by atoms with Gasteiger partial charge < -0.3 is 27.0 Å². The minimum atomic E-state index is -3.80. The van der Waals surface area contributed by atoms with Gasteiger partial charge in [-0.2, -0.15) is 0 Å². The van der Waals surface area contributed by atoms with Crippen LogP contribution in [-0.4, -0.2) is 49.7 Å². The first-order valence-corrected chi connectivity index (χ1v) is 17.2. The van der Waals surface area contributed by atoms with Crippen LogP contribution >= 0.6 is 0 Å². The monoisotopic (exact) mass is 660 g/mol. The zero-order chi connectivity index (χ0) is 33.8. The van der Waals surface area contributed by atoms with E-state index in [1.807, 2.05) is 24.3 Å². The van der Waals surface area contributed by atoms with Crippen LogP contribution in [0.2, 0.25) is 0 Å². The lowest BCUT2D eigenvalue weighted by atomic mass is 10.0. The average Bonchev–Trinajstić information content (AvgIpc) is 3.05. The van der Waals surface area contributed by atoms with Crippen molar-refractivity contribution in [3.63, 3.8) is 0 Å². The summed E-state index contributed by atoms with van der Waals surface area (Å²) in [6.07, 6.45) is -0.298. The minimum absolute atomic E-state index is 0.0449. The van der Waals surface area contributed by atoms with Gasteiger partial charge in [0.15, 0.2) is 9.84 Å². The number of fused-ring (bicyclic) bond motifs is 2. The summed E-state index contributed by atoms with van der Waals surface area (Å²) >= 11 is 0. The quantitative estimate of drug-likeness (QED) is 0.156. The van der Waals surface area contributed by atoms with E-state index in [0.29, 0.717) is 11.1 Å². The van der Waals surface area contributed by atoms with Crippen molar-refractivity contribution in [2.45, 2.75) is 57.1 Å². The van der Waals surface area contributed by atoms with E-state index in [1.54, 1.807) is 54.6 Å². The summed E-state index contributed by atoms with van der Waals surface area (Å²) in [5, 5.41) is 18.6. The van der Waals surface area contributed by atoms with Crippen molar-refractivity contribution in [3.05, 3.63) is 107 Å². The van der Waals surface area contributed by atoms with Crippen LogP contribution in [0.3, 0.4) is 0 Å². The van der Waals surface area contributed by atoms with Gasteiger partial charge in [0, 0.05) is 38.0 Å². The molecule has 2 atom stereocenters. The van der Waals surface area contributed by atoms with Gasteiger partial charge in [-0.05, 0) is 35.1 Å². The summed E-state index contributed by atoms with van der Waals surface area (Å²) in [4.78, 5) is 52.7. The molecule has 13 heteroatoms. The topological polar surface area (TPSA) is 200 Å². The van der Waals surface area contributed by atoms with Crippen LogP contribution in [0.1, 0.15) is 53.5 Å². The maximum absolute atomic E-state index is 13.7. The number of hydrogen-bond donors (Lipinski definition) is 6. The Hall–Kier alpha value is -5.04. The van der Waals surface area contributed by atoms with Crippen LogP contribution in [0, 0.1) is 11.3 Å². The van der Waals surface area contributed by atoms with Gasteiger partial charge in [0.05, 0.1) is 17.4 Å². The van der Waals surface area contributed by atoms with Crippen molar-refractivity contribution >= 4 is 39.3 Å². The SMILES string of the molecule is N=C(N)c1ccc(CNC(=O)[C@@H]2CCC(=O)NCc3cccc(c3)CNC(=O)CC[C@@H](CS(=O)(=O)Cc3ccccc3)C(=O)N2)cc1. The van der Waals surface area contributed by atoms with Gasteiger partial charge in [-0.15, -0.1) is 0 Å². The number of carbonyl (C=O) groups excluding carboxylic acids is 4. The van der Waals surface area contributed by atoms with E-state index in [1.165, 1.54) is 0 Å². The third kappa shape index (κ3) is 11.4. The highest BCUT2D eigenvalue weighted by Crippen LogP contribution is 2.17. The normalized spacial score (nSPS) is 18.2. The smallest absolute Gasteiger partial charge is 0.242 e. The molecule has 7 N–H and O–H groups in total. The van der Waals surface area contributed by atoms with Gasteiger partial charge in [0.2, 0.25) is 23.6 Å². The largest absolute Gasteiger partial charge is 0.384 e. The van der Waals surface area contributed by atoms with Gasteiger partial charge in [-0.25, -0.2) is 8.42 Å². The zero-order valence-electron chi connectivity index (χ0n) is 26.0. The Labute approximate surface area is 274 Å². The molecule has 12 nitrogen and oxygen atoms in total. The van der Waals surface area contributed by atoms with E-state index in [9.17, 15) is 27.6 Å². The summed E-state index contributed by atoms with van der Waals surface area (Å²) < 4.78 is 26.5. The van der Waals surface area contributed by atoms with Crippen molar-refractivity contribution in [1.29, 1.82) is 5.41 Å². The third-order valence-electron chi connectivity index (χ3n) is 7.77. The summed E-state index contributed by atoms with van der Waals surface area (Å²) in [5.74, 6) is -3.97. The van der Waals surface area contributed by atoms with Gasteiger partial charge in [0.1, 0.15) is 11.9 Å². The average molecular weight is 661 g/mol. The van der Waals surface area contributed by atoms with Crippen LogP contribution in [0.5, 0.6) is 0 Å². The van der Waals surface area contributed by atoms with Crippen LogP contribution < -0.4 is 27.0 Å². The summed E-state index contributed by atoms with van der Waals surface area (Å²) in [6.45, 7) is 0.561. The fourth-order valence-corrected chi connectivity index (χ4v) is 6.91. The molecule has 3 aromatic carbocycles. The van der Waals surface area contributed by atoms with Gasteiger partial charge in [0.25, 0.3) is 0 Å². The predicted molar refractivity (Wildman–Crippen MR) is 177 cm³/mol. The van der Waals surface area contributed by atoms with Gasteiger partial charge in [-0.1, -0.05) is 78.9 Å². The Balaban J connectivity index is 1.54. The number of sulfone groups is 1. The molecule has 1 heterocycles. The maximum atomic E-state index is 13.7. The molecule has 0 aromatic heterocycles. The first kappa shape index (κ1) is 34.8. The molecular formula is C34H40N6O6S. The molecule has 0 spiro atoms. The fourth-order valence-electron chi connectivity index (χ4n) is 5.17. The lowest BCUT2D eigenvalue weighted by Crippen LogP contribution is -2.49. The highest BCUT2D eigenvalue weighted by Gasteiger charge is 2.30. The molecule has 0 unspecified atom stereocenters. The second-order valence-corrected chi connectivity index (χ2v) is 13.7. The number of hydrogen-bond acceptors (Lipinski definition) is 7. The van der Waals surface area contributed by atoms with E-state index >= 15 is 0 Å². The molecular weight excluding hydrogens is 620 g/mol. The molecule has 4 amide bonds. The van der Waals surface area contributed by atoms with Crippen LogP contribution in [0.15, 0.2) is 78.9 Å². The van der Waals surface area contributed by atoms with Crippen molar-refractivity contribution in [2.24, 2.45) is 11.7 Å². The van der Waals surface area contributed by atoms with Crippen LogP contribution in [-0.2, 0) is 54.4 Å². The number of nitrogens with two attached hydrogens (primary N) is 1. The molecule has 2 bridgehead atoms. The molecule has 4 rings (SSSR count). The van der Waals surface area contributed by atoms with E-state index in [0.717, 1.165) is 16.7 Å². The Morgan fingerprint density at radius 1 is 0.830 bits per heavy atom. The maximum Gasteiger partial charge on any atom is 0.242 e. The number of amides is 4. The second-order valence-electron chi connectivity index (χ2n) is 11.6. The first-order valence-electron chi connectivity index (χ1n) is 15.3. The Kier molecular flexibility index (Phi) is 12.2. The van der Waals surface area contributed by atoms with Crippen molar-refractivity contribution in [2.75, 3.05) is 5.75 Å². The number of carbonyl (C=O) groups is 4. The number of rotatable bonds is 8. The Morgan fingerprint density at radius 3 is 2.06 bits per heavy atom. The molecule has 47 heavy (non-hydrogen) atoms. The second kappa shape index (κ2) is 16.5. The van der Waals surface area contributed by atoms with Crippen LogP contribution in [0.25, 0.3) is 0 Å². The lowest BCUT2D eigenvalue weighted by molar-refractivity contribution is -0.132. The summed E-state index contributed by atoms with van der Waals surface area (Å²) in [6, 6.07) is 21.5. The highest BCUT2D eigenvalue weighted by molar-refractivity contribution is 7.90. The molecule has 1 aliphatic heterocycles. The number of nitrogen functional groups attached to an aromatic ring is 1.